The van der Waals surface area contributed by atoms with Crippen LogP contribution >= 0.6 is 11.8 Å². The van der Waals surface area contributed by atoms with E-state index in [0.29, 0.717) is 23.4 Å². The average molecular weight is 553 g/mol. The van der Waals surface area contributed by atoms with E-state index in [2.05, 4.69) is 20.6 Å². The number of cyclic esters (lactones) is 1. The van der Waals surface area contributed by atoms with Gasteiger partial charge in [0.2, 0.25) is 0 Å². The molecule has 10 nitrogen and oxygen atoms in total. The molecule has 1 aliphatic carbocycles. The number of hydrogen-bond acceptors (Lipinski definition) is 8. The third-order valence-electron chi connectivity index (χ3n) is 7.35. The van der Waals surface area contributed by atoms with Crippen LogP contribution in [0.4, 0.5) is 19.7 Å². The number of hydrogen-bond donors (Lipinski definition) is 1. The molecule has 39 heavy (non-hydrogen) atoms. The average Bonchev–Trinajstić information content (AvgIpc) is 3.42. The second-order valence-electron chi connectivity index (χ2n) is 11.1. The second-order valence-corrected chi connectivity index (χ2v) is 12.2. The zero-order chi connectivity index (χ0) is 27.4. The first-order valence-electron chi connectivity index (χ1n) is 12.8. The van der Waals surface area contributed by atoms with Gasteiger partial charge in [0.25, 0.3) is 0 Å². The largest absolute Gasteiger partial charge is 0.444 e. The fraction of sp³-hybridized carbons (Fsp3) is 0.444. The van der Waals surface area contributed by atoms with Gasteiger partial charge in [0.1, 0.15) is 17.5 Å². The first-order chi connectivity index (χ1) is 18.6. The van der Waals surface area contributed by atoms with Gasteiger partial charge in [0.15, 0.2) is 0 Å². The molecule has 3 atom stereocenters. The number of carbonyl (C=O) groups excluding carboxylic acids is 2. The molecular weight excluding hydrogens is 523 g/mol. The maximum atomic E-state index is 15.3. The zero-order valence-electron chi connectivity index (χ0n) is 21.8. The lowest BCUT2D eigenvalue weighted by Crippen LogP contribution is -2.42. The van der Waals surface area contributed by atoms with E-state index in [9.17, 15) is 9.59 Å². The summed E-state index contributed by atoms with van der Waals surface area (Å²) in [6.45, 7) is 6.14. The fourth-order valence-electron chi connectivity index (χ4n) is 5.53. The summed E-state index contributed by atoms with van der Waals surface area (Å²) in [6.07, 6.45) is 3.46. The summed E-state index contributed by atoms with van der Waals surface area (Å²) in [5.74, 6) is 1.99. The molecule has 2 unspecified atom stereocenters. The molecule has 0 radical (unpaired) electrons. The van der Waals surface area contributed by atoms with Crippen LogP contribution in [0.5, 0.6) is 0 Å². The lowest BCUT2D eigenvalue weighted by Gasteiger charge is -2.26. The second kappa shape index (κ2) is 9.51. The van der Waals surface area contributed by atoms with Crippen molar-refractivity contribution in [2.75, 3.05) is 23.0 Å². The van der Waals surface area contributed by atoms with Crippen molar-refractivity contribution in [3.05, 3.63) is 60.4 Å². The van der Waals surface area contributed by atoms with Gasteiger partial charge in [-0.1, -0.05) is 11.3 Å². The highest BCUT2D eigenvalue weighted by Gasteiger charge is 2.69. The summed E-state index contributed by atoms with van der Waals surface area (Å²) in [6, 6.07) is 8.33. The molecule has 12 heteroatoms. The summed E-state index contributed by atoms with van der Waals surface area (Å²) in [5.41, 5.74) is 0.967. The summed E-state index contributed by atoms with van der Waals surface area (Å²) in [5, 5.41) is 10.7. The summed E-state index contributed by atoms with van der Waals surface area (Å²) in [4.78, 5) is 31.2. The summed E-state index contributed by atoms with van der Waals surface area (Å²) in [7, 11) is 0. The number of thioether (sulfide) groups is 1. The summed E-state index contributed by atoms with van der Waals surface area (Å²) >= 11 is 1.87. The van der Waals surface area contributed by atoms with E-state index >= 15 is 4.39 Å². The van der Waals surface area contributed by atoms with Gasteiger partial charge in [-0.3, -0.25) is 9.88 Å². The molecule has 2 amide bonds. The Hall–Kier alpha value is -3.67. The number of carbonyl (C=O) groups is 2. The van der Waals surface area contributed by atoms with Crippen LogP contribution in [-0.2, 0) is 21.6 Å². The number of alkyl carbamates (subject to hydrolysis) is 1. The Bertz CT molecular complexity index is 1380. The number of pyridine rings is 1. The van der Waals surface area contributed by atoms with E-state index in [1.807, 2.05) is 44.7 Å². The topological polar surface area (TPSA) is 111 Å². The standard InChI is InChI=1S/C27H29FN6O4S/c1-26(2,3)38-24(35)31-27(20-14-39-15-21(20)27)23-7-4-16(11-29-23)19-6-5-17(10-22(19)28)34-13-18(37-25(34)36)12-33-9-8-30-32-33/h4-11,18,20-21H,12-15H2,1-3H3,(H,31,35)/t18-,20?,21?,27?/m0/s1. The van der Waals surface area contributed by atoms with Crippen LogP contribution in [0.3, 0.4) is 0 Å². The minimum atomic E-state index is -0.602. The Morgan fingerprint density at radius 2 is 2.05 bits per heavy atom. The summed E-state index contributed by atoms with van der Waals surface area (Å²) < 4.78 is 27.8. The normalized spacial score (nSPS) is 25.8. The molecular formula is C27H29FN6O4S. The molecule has 204 valence electrons. The highest BCUT2D eigenvalue weighted by Crippen LogP contribution is 2.63. The molecule has 1 aromatic carbocycles. The van der Waals surface area contributed by atoms with E-state index < -0.39 is 35.2 Å². The Labute approximate surface area is 229 Å². The van der Waals surface area contributed by atoms with Gasteiger partial charge in [-0.25, -0.2) is 18.7 Å². The minimum Gasteiger partial charge on any atom is -0.444 e. The number of amides is 2. The Kier molecular flexibility index (Phi) is 6.24. The number of rotatable bonds is 6. The maximum Gasteiger partial charge on any atom is 0.414 e. The van der Waals surface area contributed by atoms with Crippen LogP contribution in [0.2, 0.25) is 0 Å². The SMILES string of the molecule is CC(C)(C)OC(=O)NC1(c2ccc(-c3ccc(N4C[C@H](Cn5ccnn5)OC4=O)cc3F)cn2)C2CSCC21. The van der Waals surface area contributed by atoms with E-state index in [-0.39, 0.29) is 18.4 Å². The van der Waals surface area contributed by atoms with Crippen LogP contribution in [0.25, 0.3) is 11.1 Å². The minimum absolute atomic E-state index is 0.279. The predicted octanol–water partition coefficient (Wildman–Crippen LogP) is 4.22. The first kappa shape index (κ1) is 25.6. The molecule has 0 spiro atoms. The Balaban J connectivity index is 1.18. The molecule has 3 aliphatic rings. The van der Waals surface area contributed by atoms with E-state index in [0.717, 1.165) is 17.2 Å². The number of ether oxygens (including phenoxy) is 2. The van der Waals surface area contributed by atoms with E-state index in [1.165, 1.54) is 11.0 Å². The third-order valence-corrected chi connectivity index (χ3v) is 8.54. The number of anilines is 1. The fourth-order valence-corrected chi connectivity index (χ4v) is 7.16. The molecule has 3 aromatic rings. The Morgan fingerprint density at radius 1 is 1.26 bits per heavy atom. The molecule has 2 aromatic heterocycles. The molecule has 1 N–H and O–H groups in total. The van der Waals surface area contributed by atoms with Gasteiger partial charge in [-0.05, 0) is 56.5 Å². The monoisotopic (exact) mass is 552 g/mol. The number of aromatic nitrogens is 4. The van der Waals surface area contributed by atoms with Gasteiger partial charge in [0, 0.05) is 35.4 Å². The number of halogens is 1. The third kappa shape index (κ3) is 4.81. The van der Waals surface area contributed by atoms with Crippen molar-refractivity contribution in [1.82, 2.24) is 25.3 Å². The van der Waals surface area contributed by atoms with Crippen molar-refractivity contribution in [2.24, 2.45) is 11.8 Å². The molecule has 2 aliphatic heterocycles. The van der Waals surface area contributed by atoms with Crippen molar-refractivity contribution in [3.8, 4) is 11.1 Å². The predicted molar refractivity (Wildman–Crippen MR) is 143 cm³/mol. The zero-order valence-corrected chi connectivity index (χ0v) is 22.7. The lowest BCUT2D eigenvalue weighted by atomic mass is 10.0. The number of nitrogens with zero attached hydrogens (tertiary/aromatic N) is 5. The number of nitrogens with one attached hydrogen (secondary N) is 1. The van der Waals surface area contributed by atoms with E-state index in [4.69, 9.17) is 9.47 Å². The van der Waals surface area contributed by atoms with Crippen LogP contribution in [0.15, 0.2) is 48.9 Å². The highest BCUT2D eigenvalue weighted by molar-refractivity contribution is 7.99. The molecule has 1 saturated carbocycles. The van der Waals surface area contributed by atoms with Gasteiger partial charge in [-0.15, -0.1) is 5.10 Å². The van der Waals surface area contributed by atoms with Crippen LogP contribution in [-0.4, -0.2) is 61.9 Å². The van der Waals surface area contributed by atoms with Gasteiger partial charge in [-0.2, -0.15) is 11.8 Å². The van der Waals surface area contributed by atoms with E-state index in [1.54, 1.807) is 35.4 Å². The lowest BCUT2D eigenvalue weighted by molar-refractivity contribution is 0.0484. The smallest absolute Gasteiger partial charge is 0.414 e. The first-order valence-corrected chi connectivity index (χ1v) is 14.0. The van der Waals surface area contributed by atoms with Crippen molar-refractivity contribution in [2.45, 2.75) is 44.6 Å². The number of benzene rings is 1. The van der Waals surface area contributed by atoms with Crippen molar-refractivity contribution < 1.29 is 23.5 Å². The molecule has 6 rings (SSSR count). The molecule has 0 bridgehead atoms. The van der Waals surface area contributed by atoms with Crippen LogP contribution < -0.4 is 10.2 Å². The van der Waals surface area contributed by atoms with Gasteiger partial charge < -0.3 is 14.8 Å². The van der Waals surface area contributed by atoms with Crippen LogP contribution in [0.1, 0.15) is 26.5 Å². The Morgan fingerprint density at radius 3 is 2.69 bits per heavy atom. The molecule has 3 fully saturated rings. The van der Waals surface area contributed by atoms with Crippen molar-refractivity contribution in [3.63, 3.8) is 0 Å². The quantitative estimate of drug-likeness (QED) is 0.484. The van der Waals surface area contributed by atoms with Gasteiger partial charge >= 0.3 is 12.2 Å². The highest BCUT2D eigenvalue weighted by atomic mass is 32.2. The molecule has 4 heterocycles. The van der Waals surface area contributed by atoms with Gasteiger partial charge in [0.05, 0.1) is 36.2 Å². The number of fused-ring (bicyclic) bond motifs is 1. The molecule has 2 saturated heterocycles. The van der Waals surface area contributed by atoms with Crippen LogP contribution in [0, 0.1) is 17.7 Å². The maximum absolute atomic E-state index is 15.3. The van der Waals surface area contributed by atoms with Crippen molar-refractivity contribution >= 4 is 29.6 Å². The van der Waals surface area contributed by atoms with Crippen molar-refractivity contribution in [1.29, 1.82) is 0 Å².